The molecule has 4 nitrogen and oxygen atoms in total. The van der Waals surface area contributed by atoms with Crippen molar-refractivity contribution in [3.05, 3.63) is 65.0 Å². The summed E-state index contributed by atoms with van der Waals surface area (Å²) in [5.41, 5.74) is 3.47. The van der Waals surface area contributed by atoms with Gasteiger partial charge < -0.3 is 10.6 Å². The Bertz CT molecular complexity index is 773. The highest BCUT2D eigenvalue weighted by Crippen LogP contribution is 2.20. The maximum atomic E-state index is 12.3. The van der Waals surface area contributed by atoms with Crippen molar-refractivity contribution >= 4 is 28.9 Å². The summed E-state index contributed by atoms with van der Waals surface area (Å²) < 4.78 is 0. The summed E-state index contributed by atoms with van der Waals surface area (Å²) >= 11 is 5.94. The van der Waals surface area contributed by atoms with Crippen LogP contribution in [0, 0.1) is 0 Å². The Hall–Kier alpha value is -2.33. The summed E-state index contributed by atoms with van der Waals surface area (Å²) in [4.78, 5) is 16.5. The Balaban J connectivity index is 1.56. The zero-order chi connectivity index (χ0) is 17.5. The molecule has 0 fully saturated rings. The molecule has 0 aliphatic heterocycles. The number of amides is 1. The minimum Gasteiger partial charge on any atom is -0.385 e. The first-order chi connectivity index (χ1) is 12.2. The second kappa shape index (κ2) is 8.67. The highest BCUT2D eigenvalue weighted by molar-refractivity contribution is 6.30. The van der Waals surface area contributed by atoms with Gasteiger partial charge in [0.2, 0.25) is 0 Å². The van der Waals surface area contributed by atoms with Crippen LogP contribution in [0.3, 0.4) is 0 Å². The number of nitrogens with zero attached hydrogens (tertiary/aromatic N) is 1. The van der Waals surface area contributed by atoms with E-state index < -0.39 is 0 Å². The molecule has 1 aromatic heterocycles. The van der Waals surface area contributed by atoms with Crippen molar-refractivity contribution in [3.8, 4) is 0 Å². The van der Waals surface area contributed by atoms with E-state index in [2.05, 4.69) is 21.7 Å². The molecule has 0 bridgehead atoms. The summed E-state index contributed by atoms with van der Waals surface area (Å²) in [5.74, 6) is -0.249. The third-order valence-electron chi connectivity index (χ3n) is 4.24. The minimum absolute atomic E-state index is 0.249. The molecule has 0 radical (unpaired) electrons. The zero-order valence-electron chi connectivity index (χ0n) is 14.1. The second-order valence-corrected chi connectivity index (χ2v) is 6.62. The molecule has 3 rings (SSSR count). The number of carbonyl (C=O) groups is 1. The Kier molecular flexibility index (Phi) is 6.07. The summed E-state index contributed by atoms with van der Waals surface area (Å²) in [5, 5.41) is 6.77. The number of hydrogen-bond donors (Lipinski definition) is 2. The number of hydrogen-bond acceptors (Lipinski definition) is 3. The molecule has 1 heterocycles. The predicted octanol–water partition coefficient (Wildman–Crippen LogP) is 5.29. The van der Waals surface area contributed by atoms with E-state index in [1.807, 2.05) is 6.07 Å². The number of halogens is 1. The first-order valence-corrected chi connectivity index (χ1v) is 9.03. The van der Waals surface area contributed by atoms with Gasteiger partial charge in [0.05, 0.1) is 0 Å². The van der Waals surface area contributed by atoms with E-state index in [0.29, 0.717) is 16.4 Å². The molecule has 0 unspecified atom stereocenters. The van der Waals surface area contributed by atoms with Crippen LogP contribution in [0.15, 0.2) is 54.2 Å². The van der Waals surface area contributed by atoms with Crippen LogP contribution in [0.5, 0.6) is 0 Å². The van der Waals surface area contributed by atoms with E-state index in [1.165, 1.54) is 31.3 Å². The third-order valence-corrected chi connectivity index (χ3v) is 4.47. The summed E-state index contributed by atoms with van der Waals surface area (Å²) in [6, 6.07) is 10.7. The van der Waals surface area contributed by atoms with Crippen molar-refractivity contribution in [1.82, 2.24) is 4.98 Å². The zero-order valence-corrected chi connectivity index (χ0v) is 14.9. The van der Waals surface area contributed by atoms with Crippen molar-refractivity contribution in [1.29, 1.82) is 0 Å². The lowest BCUT2D eigenvalue weighted by Gasteiger charge is -2.13. The Morgan fingerprint density at radius 2 is 2.08 bits per heavy atom. The maximum Gasteiger partial charge on any atom is 0.274 e. The van der Waals surface area contributed by atoms with Crippen LogP contribution in [0.1, 0.15) is 42.6 Å². The molecule has 1 aromatic carbocycles. The van der Waals surface area contributed by atoms with Gasteiger partial charge in [0.1, 0.15) is 5.69 Å². The molecule has 25 heavy (non-hydrogen) atoms. The predicted molar refractivity (Wildman–Crippen MR) is 103 cm³/mol. The Labute approximate surface area is 153 Å². The first kappa shape index (κ1) is 17.5. The SMILES string of the molecule is O=C(Nc1cccc(Cl)c1)c1cc(NCCC2=CCCCC2)ccn1. The van der Waals surface area contributed by atoms with E-state index in [4.69, 9.17) is 11.6 Å². The van der Waals surface area contributed by atoms with Gasteiger partial charge in [0, 0.05) is 29.1 Å². The molecule has 5 heteroatoms. The standard InChI is InChI=1S/C20H22ClN3O/c21-16-7-4-8-18(13-16)24-20(25)19-14-17(10-12-23-19)22-11-9-15-5-2-1-3-6-15/h4-5,7-8,10,12-14H,1-3,6,9,11H2,(H,22,23)(H,24,25). The minimum atomic E-state index is -0.249. The van der Waals surface area contributed by atoms with Crippen molar-refractivity contribution in [2.45, 2.75) is 32.1 Å². The fourth-order valence-corrected chi connectivity index (χ4v) is 3.12. The van der Waals surface area contributed by atoms with Crippen LogP contribution in [-0.2, 0) is 0 Å². The van der Waals surface area contributed by atoms with Gasteiger partial charge in [0.15, 0.2) is 0 Å². The fraction of sp³-hybridized carbons (Fsp3) is 0.300. The lowest BCUT2D eigenvalue weighted by molar-refractivity contribution is 0.102. The number of carbonyl (C=O) groups excluding carboxylic acids is 1. The monoisotopic (exact) mass is 355 g/mol. The van der Waals surface area contributed by atoms with Crippen molar-refractivity contribution in [3.63, 3.8) is 0 Å². The molecular weight excluding hydrogens is 334 g/mol. The molecular formula is C20H22ClN3O. The van der Waals surface area contributed by atoms with Crippen molar-refractivity contribution in [2.24, 2.45) is 0 Å². The quantitative estimate of drug-likeness (QED) is 0.692. The van der Waals surface area contributed by atoms with Crippen molar-refractivity contribution < 1.29 is 4.79 Å². The topological polar surface area (TPSA) is 54.0 Å². The number of rotatable bonds is 6. The van der Waals surface area contributed by atoms with E-state index in [-0.39, 0.29) is 5.91 Å². The smallest absolute Gasteiger partial charge is 0.274 e. The largest absolute Gasteiger partial charge is 0.385 e. The van der Waals surface area contributed by atoms with Gasteiger partial charge in [-0.05, 0) is 62.4 Å². The molecule has 0 saturated heterocycles. The van der Waals surface area contributed by atoms with Gasteiger partial charge in [-0.2, -0.15) is 0 Å². The summed E-state index contributed by atoms with van der Waals surface area (Å²) in [6.07, 6.45) is 10.1. The number of pyridine rings is 1. The Morgan fingerprint density at radius 1 is 1.16 bits per heavy atom. The van der Waals surface area contributed by atoms with Gasteiger partial charge in [0.25, 0.3) is 5.91 Å². The lowest BCUT2D eigenvalue weighted by Crippen LogP contribution is -2.14. The van der Waals surface area contributed by atoms with E-state index >= 15 is 0 Å². The van der Waals surface area contributed by atoms with Crippen LogP contribution in [0.25, 0.3) is 0 Å². The van der Waals surface area contributed by atoms with Crippen LogP contribution in [0.4, 0.5) is 11.4 Å². The molecule has 130 valence electrons. The third kappa shape index (κ3) is 5.33. The molecule has 0 saturated carbocycles. The molecule has 1 amide bonds. The molecule has 0 atom stereocenters. The van der Waals surface area contributed by atoms with E-state index in [0.717, 1.165) is 18.7 Å². The Morgan fingerprint density at radius 3 is 2.88 bits per heavy atom. The highest BCUT2D eigenvalue weighted by atomic mass is 35.5. The van der Waals surface area contributed by atoms with Gasteiger partial charge >= 0.3 is 0 Å². The lowest BCUT2D eigenvalue weighted by atomic mass is 9.97. The normalized spacial score (nSPS) is 13.9. The van der Waals surface area contributed by atoms with Crippen LogP contribution in [0.2, 0.25) is 5.02 Å². The van der Waals surface area contributed by atoms with Crippen LogP contribution in [-0.4, -0.2) is 17.4 Å². The molecule has 2 N–H and O–H groups in total. The maximum absolute atomic E-state index is 12.3. The average molecular weight is 356 g/mol. The van der Waals surface area contributed by atoms with Crippen LogP contribution < -0.4 is 10.6 Å². The van der Waals surface area contributed by atoms with Crippen LogP contribution >= 0.6 is 11.6 Å². The van der Waals surface area contributed by atoms with Gasteiger partial charge in [-0.25, -0.2) is 0 Å². The number of allylic oxidation sites excluding steroid dienone is 1. The number of benzene rings is 1. The average Bonchev–Trinajstić information content (AvgIpc) is 2.63. The molecule has 1 aliphatic rings. The molecule has 1 aliphatic carbocycles. The van der Waals surface area contributed by atoms with E-state index in [9.17, 15) is 4.79 Å². The van der Waals surface area contributed by atoms with Gasteiger partial charge in [-0.15, -0.1) is 0 Å². The van der Waals surface area contributed by atoms with Gasteiger partial charge in [-0.1, -0.05) is 29.3 Å². The first-order valence-electron chi connectivity index (χ1n) is 8.65. The highest BCUT2D eigenvalue weighted by Gasteiger charge is 2.09. The summed E-state index contributed by atoms with van der Waals surface area (Å²) in [6.45, 7) is 0.866. The van der Waals surface area contributed by atoms with Gasteiger partial charge in [-0.3, -0.25) is 9.78 Å². The van der Waals surface area contributed by atoms with E-state index in [1.54, 1.807) is 36.5 Å². The second-order valence-electron chi connectivity index (χ2n) is 6.18. The summed E-state index contributed by atoms with van der Waals surface area (Å²) in [7, 11) is 0. The number of aromatic nitrogens is 1. The molecule has 2 aromatic rings. The molecule has 0 spiro atoms. The number of anilines is 2. The number of nitrogens with one attached hydrogen (secondary N) is 2. The van der Waals surface area contributed by atoms with Crippen molar-refractivity contribution in [2.75, 3.05) is 17.2 Å². The fourth-order valence-electron chi connectivity index (χ4n) is 2.93.